The molecule has 1 aliphatic heterocycles. The lowest BCUT2D eigenvalue weighted by atomic mass is 9.92. The summed E-state index contributed by atoms with van der Waals surface area (Å²) < 4.78 is 7.81. The average Bonchev–Trinajstić information content (AvgIpc) is 3.57. The van der Waals surface area contributed by atoms with Gasteiger partial charge in [-0.05, 0) is 78.1 Å². The lowest BCUT2D eigenvalue weighted by Gasteiger charge is -2.39. The summed E-state index contributed by atoms with van der Waals surface area (Å²) in [6.45, 7) is 6.46. The van der Waals surface area contributed by atoms with Gasteiger partial charge in [0.25, 0.3) is 5.56 Å². The molecule has 1 aromatic carbocycles. The predicted molar refractivity (Wildman–Crippen MR) is 136 cm³/mol. The Balaban J connectivity index is 1.48. The number of hydrogen-bond donors (Lipinski definition) is 1. The van der Waals surface area contributed by atoms with Crippen LogP contribution in [0, 0.1) is 0 Å². The molecule has 1 N–H and O–H groups in total. The molecule has 0 radical (unpaired) electrons. The van der Waals surface area contributed by atoms with Gasteiger partial charge in [0, 0.05) is 30.3 Å². The predicted octanol–water partition coefficient (Wildman–Crippen LogP) is 4.54. The number of pyridine rings is 1. The van der Waals surface area contributed by atoms with Crippen molar-refractivity contribution >= 4 is 10.9 Å². The highest BCUT2D eigenvalue weighted by Gasteiger charge is 2.32. The lowest BCUT2D eigenvalue weighted by molar-refractivity contribution is 0.0734. The molecule has 188 valence electrons. The number of fused-ring (bicyclic) bond motifs is 1. The Morgan fingerprint density at radius 2 is 2.00 bits per heavy atom. The van der Waals surface area contributed by atoms with Crippen molar-refractivity contribution < 1.29 is 4.74 Å². The molecule has 1 saturated heterocycles. The number of aromatic amines is 1. The number of tetrazole rings is 1. The largest absolute Gasteiger partial charge is 0.376 e. The van der Waals surface area contributed by atoms with E-state index in [1.807, 2.05) is 10.7 Å². The smallest absolute Gasteiger partial charge is 0.252 e. The fourth-order valence-corrected chi connectivity index (χ4v) is 5.87. The molecule has 5 rings (SSSR count). The van der Waals surface area contributed by atoms with Crippen LogP contribution in [0.3, 0.4) is 0 Å². The molecule has 2 aliphatic rings. The van der Waals surface area contributed by atoms with E-state index in [1.165, 1.54) is 24.8 Å². The molecule has 1 aliphatic carbocycles. The van der Waals surface area contributed by atoms with E-state index in [9.17, 15) is 4.79 Å². The van der Waals surface area contributed by atoms with Crippen LogP contribution in [0.4, 0.5) is 0 Å². The molecule has 3 aromatic rings. The molecule has 0 unspecified atom stereocenters. The first-order valence-corrected chi connectivity index (χ1v) is 13.4. The van der Waals surface area contributed by atoms with Crippen LogP contribution in [0.15, 0.2) is 29.1 Å². The van der Waals surface area contributed by atoms with Gasteiger partial charge < -0.3 is 9.72 Å². The van der Waals surface area contributed by atoms with Gasteiger partial charge in [-0.25, -0.2) is 4.68 Å². The first kappa shape index (κ1) is 24.1. The Morgan fingerprint density at radius 3 is 2.74 bits per heavy atom. The monoisotopic (exact) mass is 478 g/mol. The minimum absolute atomic E-state index is 0.00337. The molecule has 2 fully saturated rings. The Hall–Kier alpha value is -2.58. The highest BCUT2D eigenvalue weighted by atomic mass is 16.5. The lowest BCUT2D eigenvalue weighted by Crippen LogP contribution is -2.41. The van der Waals surface area contributed by atoms with E-state index in [1.54, 1.807) is 0 Å². The minimum atomic E-state index is -0.00337. The standard InChI is InChI=1S/C27H38N6O2/c1-3-19-12-13-24-20(15-19)16-21(27(34)28-24)17-32(22-9-6-5-7-10-22)25(4-2)26-29-30-31-33(26)18-23-11-8-14-35-23/h12-13,15-16,22-23,25H,3-11,14,17-18H2,1-2H3,(H,28,34)/t23-,25+/m1/s1. The Bertz CT molecular complexity index is 1180. The second-order valence-electron chi connectivity index (χ2n) is 10.1. The zero-order valence-corrected chi connectivity index (χ0v) is 21.1. The van der Waals surface area contributed by atoms with E-state index in [2.05, 4.69) is 57.5 Å². The van der Waals surface area contributed by atoms with Crippen LogP contribution in [0.25, 0.3) is 10.9 Å². The Labute approximate surface area is 207 Å². The van der Waals surface area contributed by atoms with Gasteiger partial charge >= 0.3 is 0 Å². The van der Waals surface area contributed by atoms with Gasteiger partial charge in [-0.3, -0.25) is 9.69 Å². The van der Waals surface area contributed by atoms with E-state index < -0.39 is 0 Å². The highest BCUT2D eigenvalue weighted by Crippen LogP contribution is 2.33. The third-order valence-corrected chi connectivity index (χ3v) is 7.84. The number of hydrogen-bond acceptors (Lipinski definition) is 6. The summed E-state index contributed by atoms with van der Waals surface area (Å²) in [6.07, 6.45) is 10.2. The summed E-state index contributed by atoms with van der Waals surface area (Å²) in [4.78, 5) is 18.8. The van der Waals surface area contributed by atoms with Crippen molar-refractivity contribution in [3.05, 3.63) is 51.6 Å². The second-order valence-corrected chi connectivity index (χ2v) is 10.1. The third kappa shape index (κ3) is 5.33. The minimum Gasteiger partial charge on any atom is -0.376 e. The number of nitrogens with one attached hydrogen (secondary N) is 1. The van der Waals surface area contributed by atoms with Gasteiger partial charge in [-0.15, -0.1) is 5.10 Å². The summed E-state index contributed by atoms with van der Waals surface area (Å²) in [7, 11) is 0. The summed E-state index contributed by atoms with van der Waals surface area (Å²) in [5.74, 6) is 0.888. The summed E-state index contributed by atoms with van der Waals surface area (Å²) in [6, 6.07) is 8.86. The normalized spacial score (nSPS) is 20.1. The van der Waals surface area contributed by atoms with Crippen molar-refractivity contribution in [1.82, 2.24) is 30.1 Å². The second kappa shape index (κ2) is 11.0. The van der Waals surface area contributed by atoms with Gasteiger partial charge in [0.05, 0.1) is 18.7 Å². The molecule has 0 amide bonds. The first-order valence-electron chi connectivity index (χ1n) is 13.4. The van der Waals surface area contributed by atoms with E-state index in [0.29, 0.717) is 19.1 Å². The van der Waals surface area contributed by atoms with Crippen molar-refractivity contribution in [3.8, 4) is 0 Å². The van der Waals surface area contributed by atoms with Crippen LogP contribution >= 0.6 is 0 Å². The fourth-order valence-electron chi connectivity index (χ4n) is 5.87. The van der Waals surface area contributed by atoms with E-state index in [-0.39, 0.29) is 17.7 Å². The molecule has 2 aromatic heterocycles. The van der Waals surface area contributed by atoms with Gasteiger partial charge in [0.15, 0.2) is 5.82 Å². The van der Waals surface area contributed by atoms with E-state index >= 15 is 0 Å². The zero-order valence-electron chi connectivity index (χ0n) is 21.1. The number of aryl methyl sites for hydroxylation is 1. The molecular weight excluding hydrogens is 440 g/mol. The maximum atomic E-state index is 13.2. The molecule has 35 heavy (non-hydrogen) atoms. The number of aromatic nitrogens is 5. The number of benzene rings is 1. The number of nitrogens with zero attached hydrogens (tertiary/aromatic N) is 5. The number of ether oxygens (including phenoxy) is 1. The van der Waals surface area contributed by atoms with Gasteiger partial charge in [-0.1, -0.05) is 39.2 Å². The van der Waals surface area contributed by atoms with Crippen LogP contribution in [0.1, 0.15) is 88.2 Å². The number of rotatable bonds is 9. The highest BCUT2D eigenvalue weighted by molar-refractivity contribution is 5.79. The molecule has 1 saturated carbocycles. The summed E-state index contributed by atoms with van der Waals surface area (Å²) in [5.41, 5.74) is 2.98. The fraction of sp³-hybridized carbons (Fsp3) is 0.630. The molecule has 8 heteroatoms. The zero-order chi connectivity index (χ0) is 24.2. The van der Waals surface area contributed by atoms with Crippen LogP contribution < -0.4 is 5.56 Å². The first-order chi connectivity index (χ1) is 17.2. The summed E-state index contributed by atoms with van der Waals surface area (Å²) >= 11 is 0. The van der Waals surface area contributed by atoms with Crippen LogP contribution in [-0.2, 0) is 24.2 Å². The molecule has 3 heterocycles. The van der Waals surface area contributed by atoms with Crippen LogP contribution in [0.2, 0.25) is 0 Å². The molecule has 0 bridgehead atoms. The maximum Gasteiger partial charge on any atom is 0.252 e. The maximum absolute atomic E-state index is 13.2. The number of H-pyrrole nitrogens is 1. The van der Waals surface area contributed by atoms with Crippen molar-refractivity contribution in [1.29, 1.82) is 0 Å². The molecular formula is C27H38N6O2. The van der Waals surface area contributed by atoms with Gasteiger partial charge in [0.2, 0.25) is 0 Å². The third-order valence-electron chi connectivity index (χ3n) is 7.84. The molecule has 8 nitrogen and oxygen atoms in total. The topological polar surface area (TPSA) is 88.9 Å². The van der Waals surface area contributed by atoms with Gasteiger partial charge in [0.1, 0.15) is 0 Å². The van der Waals surface area contributed by atoms with E-state index in [0.717, 1.165) is 67.4 Å². The quantitative estimate of drug-likeness (QED) is 0.486. The Morgan fingerprint density at radius 1 is 1.14 bits per heavy atom. The van der Waals surface area contributed by atoms with Crippen molar-refractivity contribution in [2.24, 2.45) is 0 Å². The van der Waals surface area contributed by atoms with Crippen molar-refractivity contribution in [2.45, 2.75) is 103 Å². The average molecular weight is 479 g/mol. The SMILES string of the molecule is CCc1ccc2[nH]c(=O)c(CN(C3CCCCC3)[C@@H](CC)c3nnnn3C[C@H]3CCCO3)cc2c1. The van der Waals surface area contributed by atoms with Crippen molar-refractivity contribution in [2.75, 3.05) is 6.61 Å². The molecule has 0 spiro atoms. The van der Waals surface area contributed by atoms with Crippen molar-refractivity contribution in [3.63, 3.8) is 0 Å². The summed E-state index contributed by atoms with van der Waals surface area (Å²) in [5, 5.41) is 14.0. The Kier molecular flexibility index (Phi) is 7.58. The van der Waals surface area contributed by atoms with Crippen LogP contribution in [-0.4, -0.2) is 48.8 Å². The van der Waals surface area contributed by atoms with E-state index in [4.69, 9.17) is 4.74 Å². The molecule has 2 atom stereocenters. The van der Waals surface area contributed by atoms with Crippen LogP contribution in [0.5, 0.6) is 0 Å². The van der Waals surface area contributed by atoms with Gasteiger partial charge in [-0.2, -0.15) is 0 Å².